The highest BCUT2D eigenvalue weighted by Crippen LogP contribution is 2.13. The van der Waals surface area contributed by atoms with E-state index in [9.17, 15) is 4.79 Å². The van der Waals surface area contributed by atoms with E-state index in [1.165, 1.54) is 6.08 Å². The lowest BCUT2D eigenvalue weighted by Crippen LogP contribution is -1.83. The summed E-state index contributed by atoms with van der Waals surface area (Å²) in [6.07, 6.45) is 2.29. The molecule has 0 saturated carbocycles. The van der Waals surface area contributed by atoms with Crippen LogP contribution >= 0.6 is 11.6 Å². The minimum absolute atomic E-state index is 0.578. The second-order valence-corrected chi connectivity index (χ2v) is 2.69. The van der Waals surface area contributed by atoms with Crippen LogP contribution in [0.2, 0.25) is 0 Å². The molecular weight excluding hydrogens is 174 g/mol. The first-order valence-corrected chi connectivity index (χ1v) is 4.13. The van der Waals surface area contributed by atoms with Crippen molar-refractivity contribution in [3.05, 3.63) is 29.8 Å². The van der Waals surface area contributed by atoms with Crippen LogP contribution in [0.25, 0.3) is 0 Å². The van der Waals surface area contributed by atoms with Crippen molar-refractivity contribution in [1.29, 1.82) is 0 Å². The molecule has 1 aromatic carbocycles. The van der Waals surface area contributed by atoms with E-state index in [2.05, 4.69) is 4.99 Å². The minimum atomic E-state index is 0.578. The number of alkyl halides is 1. The molecule has 0 aromatic heterocycles. The summed E-state index contributed by atoms with van der Waals surface area (Å²) in [4.78, 5) is 13.4. The molecule has 2 nitrogen and oxygen atoms in total. The number of isocyanates is 1. The molecule has 0 N–H and O–H groups in total. The Morgan fingerprint density at radius 3 is 3.00 bits per heavy atom. The van der Waals surface area contributed by atoms with Crippen molar-refractivity contribution in [2.24, 2.45) is 4.99 Å². The summed E-state index contributed by atoms with van der Waals surface area (Å²) in [5.74, 6) is 0.578. The van der Waals surface area contributed by atoms with Crippen LogP contribution in [0.3, 0.4) is 0 Å². The van der Waals surface area contributed by atoms with Gasteiger partial charge in [0.2, 0.25) is 6.08 Å². The first kappa shape index (κ1) is 8.98. The van der Waals surface area contributed by atoms with Crippen molar-refractivity contribution in [3.63, 3.8) is 0 Å². The maximum atomic E-state index is 9.93. The van der Waals surface area contributed by atoms with E-state index in [0.717, 1.165) is 12.0 Å². The van der Waals surface area contributed by atoms with Crippen LogP contribution in [0.5, 0.6) is 0 Å². The Morgan fingerprint density at radius 2 is 2.33 bits per heavy atom. The third kappa shape index (κ3) is 2.50. The van der Waals surface area contributed by atoms with Gasteiger partial charge in [0, 0.05) is 5.88 Å². The number of hydrogen-bond donors (Lipinski definition) is 0. The zero-order chi connectivity index (χ0) is 8.81. The second-order valence-electron chi connectivity index (χ2n) is 2.31. The van der Waals surface area contributed by atoms with Crippen LogP contribution in [0.1, 0.15) is 5.56 Å². The van der Waals surface area contributed by atoms with Crippen molar-refractivity contribution in [3.8, 4) is 0 Å². The topological polar surface area (TPSA) is 29.4 Å². The van der Waals surface area contributed by atoms with E-state index in [1.54, 1.807) is 6.07 Å². The van der Waals surface area contributed by atoms with Gasteiger partial charge in [-0.3, -0.25) is 0 Å². The quantitative estimate of drug-likeness (QED) is 0.400. The molecule has 0 heterocycles. The minimum Gasteiger partial charge on any atom is -0.211 e. The van der Waals surface area contributed by atoms with Crippen molar-refractivity contribution in [1.82, 2.24) is 0 Å². The van der Waals surface area contributed by atoms with E-state index in [1.807, 2.05) is 18.2 Å². The highest BCUT2D eigenvalue weighted by Gasteiger charge is 1.92. The number of aryl methyl sites for hydroxylation is 1. The molecule has 1 rings (SSSR count). The average Bonchev–Trinajstić information content (AvgIpc) is 2.06. The van der Waals surface area contributed by atoms with Gasteiger partial charge < -0.3 is 0 Å². The average molecular weight is 182 g/mol. The number of rotatable bonds is 3. The van der Waals surface area contributed by atoms with Crippen LogP contribution in [-0.2, 0) is 11.2 Å². The van der Waals surface area contributed by atoms with E-state index in [4.69, 9.17) is 11.6 Å². The fourth-order valence-corrected chi connectivity index (χ4v) is 1.16. The highest BCUT2D eigenvalue weighted by atomic mass is 35.5. The monoisotopic (exact) mass is 181 g/mol. The molecule has 0 radical (unpaired) electrons. The van der Waals surface area contributed by atoms with Gasteiger partial charge in [0.15, 0.2) is 0 Å². The number of benzene rings is 1. The predicted molar refractivity (Wildman–Crippen MR) is 48.6 cm³/mol. The maximum Gasteiger partial charge on any atom is 0.240 e. The number of nitrogens with zero attached hydrogens (tertiary/aromatic N) is 1. The Bertz CT molecular complexity index is 305. The number of aliphatic imine (C=N–C) groups is 1. The van der Waals surface area contributed by atoms with Crippen molar-refractivity contribution in [2.45, 2.75) is 6.42 Å². The Hall–Kier alpha value is -1.11. The maximum absolute atomic E-state index is 9.93. The lowest BCUT2D eigenvalue weighted by atomic mass is 10.1. The SMILES string of the molecule is O=C=Nc1cccc(CCCl)c1. The Balaban J connectivity index is 2.87. The summed E-state index contributed by atoms with van der Waals surface area (Å²) < 4.78 is 0. The van der Waals surface area contributed by atoms with Crippen LogP contribution in [0.4, 0.5) is 5.69 Å². The first-order chi connectivity index (χ1) is 5.86. The van der Waals surface area contributed by atoms with Crippen molar-refractivity contribution >= 4 is 23.4 Å². The summed E-state index contributed by atoms with van der Waals surface area (Å²) in [6, 6.07) is 7.38. The molecule has 0 spiro atoms. The molecule has 0 aliphatic rings. The molecule has 0 bridgehead atoms. The van der Waals surface area contributed by atoms with E-state index in [-0.39, 0.29) is 0 Å². The fraction of sp³-hybridized carbons (Fsp3) is 0.222. The van der Waals surface area contributed by atoms with Gasteiger partial charge in [0.05, 0.1) is 5.69 Å². The zero-order valence-corrected chi connectivity index (χ0v) is 7.21. The summed E-state index contributed by atoms with van der Waals surface area (Å²) in [5, 5.41) is 0. The Morgan fingerprint density at radius 1 is 1.50 bits per heavy atom. The largest absolute Gasteiger partial charge is 0.240 e. The summed E-state index contributed by atoms with van der Waals surface area (Å²) >= 11 is 5.56. The van der Waals surface area contributed by atoms with Crippen LogP contribution in [0.15, 0.2) is 29.3 Å². The van der Waals surface area contributed by atoms with Crippen LogP contribution < -0.4 is 0 Å². The normalized spacial score (nSPS) is 9.08. The molecule has 0 aliphatic carbocycles. The fourth-order valence-electron chi connectivity index (χ4n) is 0.943. The van der Waals surface area contributed by atoms with Gasteiger partial charge in [-0.1, -0.05) is 12.1 Å². The molecule has 12 heavy (non-hydrogen) atoms. The van der Waals surface area contributed by atoms with Gasteiger partial charge in [0.1, 0.15) is 0 Å². The van der Waals surface area contributed by atoms with Gasteiger partial charge in [-0.2, -0.15) is 4.99 Å². The third-order valence-electron chi connectivity index (χ3n) is 1.47. The lowest BCUT2D eigenvalue weighted by Gasteiger charge is -1.96. The molecule has 0 aliphatic heterocycles. The van der Waals surface area contributed by atoms with Gasteiger partial charge in [0.25, 0.3) is 0 Å². The van der Waals surface area contributed by atoms with Gasteiger partial charge >= 0.3 is 0 Å². The van der Waals surface area contributed by atoms with Crippen molar-refractivity contribution < 1.29 is 4.79 Å². The summed E-state index contributed by atoms with van der Waals surface area (Å²) in [7, 11) is 0. The highest BCUT2D eigenvalue weighted by molar-refractivity contribution is 6.17. The van der Waals surface area contributed by atoms with E-state index in [0.29, 0.717) is 11.6 Å². The van der Waals surface area contributed by atoms with Gasteiger partial charge in [-0.05, 0) is 24.1 Å². The molecule has 0 saturated heterocycles. The first-order valence-electron chi connectivity index (χ1n) is 3.59. The summed E-state index contributed by atoms with van der Waals surface area (Å²) in [6.45, 7) is 0. The zero-order valence-electron chi connectivity index (χ0n) is 6.46. The van der Waals surface area contributed by atoms with Crippen LogP contribution in [0, 0.1) is 0 Å². The molecule has 62 valence electrons. The molecule has 0 unspecified atom stereocenters. The number of carbonyl (C=O) groups excluding carboxylic acids is 1. The molecule has 0 amide bonds. The standard InChI is InChI=1S/C9H8ClNO/c10-5-4-8-2-1-3-9(6-8)11-7-12/h1-3,6H,4-5H2. The van der Waals surface area contributed by atoms with Crippen molar-refractivity contribution in [2.75, 3.05) is 5.88 Å². The smallest absolute Gasteiger partial charge is 0.211 e. The molecule has 0 atom stereocenters. The lowest BCUT2D eigenvalue weighted by molar-refractivity contribution is 0.565. The number of halogens is 1. The summed E-state index contributed by atoms with van der Waals surface area (Å²) in [5.41, 5.74) is 1.72. The number of hydrogen-bond acceptors (Lipinski definition) is 2. The molecule has 0 fully saturated rings. The van der Waals surface area contributed by atoms with Crippen LogP contribution in [-0.4, -0.2) is 12.0 Å². The molecule has 1 aromatic rings. The van der Waals surface area contributed by atoms with E-state index < -0.39 is 0 Å². The Kier molecular flexibility index (Phi) is 3.52. The third-order valence-corrected chi connectivity index (χ3v) is 1.66. The second kappa shape index (κ2) is 4.70. The molecule has 3 heteroatoms. The molecular formula is C9H8ClNO. The predicted octanol–water partition coefficient (Wildman–Crippen LogP) is 2.44. The van der Waals surface area contributed by atoms with E-state index >= 15 is 0 Å². The van der Waals surface area contributed by atoms with Gasteiger partial charge in [-0.25, -0.2) is 4.79 Å². The Labute approximate surface area is 75.9 Å². The van der Waals surface area contributed by atoms with Gasteiger partial charge in [-0.15, -0.1) is 11.6 Å².